The number of ether oxygens (including phenoxy) is 2. The highest BCUT2D eigenvalue weighted by molar-refractivity contribution is 9.10. The lowest BCUT2D eigenvalue weighted by molar-refractivity contribution is 0.104. The van der Waals surface area contributed by atoms with Crippen LogP contribution >= 0.6 is 15.9 Å². The van der Waals surface area contributed by atoms with Crippen LogP contribution in [-0.4, -0.2) is 29.8 Å². The van der Waals surface area contributed by atoms with Gasteiger partial charge in [0, 0.05) is 24.6 Å². The van der Waals surface area contributed by atoms with E-state index in [4.69, 9.17) is 9.47 Å². The molecule has 1 aliphatic rings. The molecule has 1 aliphatic heterocycles. The Hall–Kier alpha value is -1.73. The molecule has 7 heteroatoms. The molecule has 2 aromatic rings. The molecule has 1 aromatic carbocycles. The van der Waals surface area contributed by atoms with Crippen LogP contribution in [0.25, 0.3) is 0 Å². The highest BCUT2D eigenvalue weighted by atomic mass is 79.9. The summed E-state index contributed by atoms with van der Waals surface area (Å²) < 4.78 is 25.2. The Kier molecular flexibility index (Phi) is 5.63. The van der Waals surface area contributed by atoms with Gasteiger partial charge in [-0.2, -0.15) is 0 Å². The van der Waals surface area contributed by atoms with Crippen molar-refractivity contribution in [3.05, 3.63) is 40.4 Å². The monoisotopic (exact) mass is 395 g/mol. The summed E-state index contributed by atoms with van der Waals surface area (Å²) in [5.74, 6) is 0.206. The number of aryl methyl sites for hydroxylation is 1. The standard InChI is InChI=1S/C17H19BrFN3O2/c1-23-16-7-4-11(9-14(16)19)21-17-20-10-13(18)15(22-17)6-5-12-3-2-8-24-12/h4,7,9-10,12H,2-3,5-6,8H2,1H3,(H,20,21,22). The van der Waals surface area contributed by atoms with Gasteiger partial charge in [-0.1, -0.05) is 0 Å². The molecule has 0 spiro atoms. The molecule has 5 nitrogen and oxygen atoms in total. The number of nitrogens with zero attached hydrogens (tertiary/aromatic N) is 2. The van der Waals surface area contributed by atoms with Gasteiger partial charge in [0.05, 0.1) is 23.4 Å². The van der Waals surface area contributed by atoms with Crippen LogP contribution < -0.4 is 10.1 Å². The summed E-state index contributed by atoms with van der Waals surface area (Å²) in [6, 6.07) is 4.64. The second kappa shape index (κ2) is 7.90. The first-order valence-corrected chi connectivity index (χ1v) is 8.68. The molecule has 0 amide bonds. The van der Waals surface area contributed by atoms with Gasteiger partial charge in [-0.05, 0) is 53.7 Å². The van der Waals surface area contributed by atoms with E-state index in [-0.39, 0.29) is 5.75 Å². The Morgan fingerprint density at radius 3 is 3.04 bits per heavy atom. The van der Waals surface area contributed by atoms with E-state index < -0.39 is 5.82 Å². The third-order valence-corrected chi connectivity index (χ3v) is 4.61. The fourth-order valence-corrected chi connectivity index (χ4v) is 3.07. The number of aromatic nitrogens is 2. The van der Waals surface area contributed by atoms with Gasteiger partial charge < -0.3 is 14.8 Å². The Morgan fingerprint density at radius 2 is 2.33 bits per heavy atom. The van der Waals surface area contributed by atoms with Crippen molar-refractivity contribution < 1.29 is 13.9 Å². The Balaban J connectivity index is 1.69. The summed E-state index contributed by atoms with van der Waals surface area (Å²) in [6.45, 7) is 0.853. The zero-order chi connectivity index (χ0) is 16.9. The van der Waals surface area contributed by atoms with Crippen molar-refractivity contribution in [2.24, 2.45) is 0 Å². The zero-order valence-electron chi connectivity index (χ0n) is 13.4. The van der Waals surface area contributed by atoms with Gasteiger partial charge in [0.15, 0.2) is 11.6 Å². The molecule has 128 valence electrons. The topological polar surface area (TPSA) is 56.3 Å². The molecule has 1 fully saturated rings. The summed E-state index contributed by atoms with van der Waals surface area (Å²) in [6.07, 6.45) is 6.01. The van der Waals surface area contributed by atoms with Crippen LogP contribution in [0.15, 0.2) is 28.9 Å². The number of methoxy groups -OCH3 is 1. The Bertz CT molecular complexity index is 708. The van der Waals surface area contributed by atoms with E-state index in [1.54, 1.807) is 18.3 Å². The first-order valence-electron chi connectivity index (χ1n) is 7.89. The fraction of sp³-hybridized carbons (Fsp3) is 0.412. The second-order valence-corrected chi connectivity index (χ2v) is 6.49. The van der Waals surface area contributed by atoms with Crippen molar-refractivity contribution in [2.75, 3.05) is 19.0 Å². The maximum absolute atomic E-state index is 13.8. The molecular formula is C17H19BrFN3O2. The second-order valence-electron chi connectivity index (χ2n) is 5.64. The van der Waals surface area contributed by atoms with Gasteiger partial charge in [-0.25, -0.2) is 14.4 Å². The zero-order valence-corrected chi connectivity index (χ0v) is 15.0. The molecule has 1 atom stereocenters. The molecule has 0 saturated carbocycles. The maximum atomic E-state index is 13.8. The van der Waals surface area contributed by atoms with Crippen LogP contribution in [0.5, 0.6) is 5.75 Å². The summed E-state index contributed by atoms with van der Waals surface area (Å²) >= 11 is 3.49. The lowest BCUT2D eigenvalue weighted by Crippen LogP contribution is -2.08. The van der Waals surface area contributed by atoms with E-state index in [1.807, 2.05) is 0 Å². The van der Waals surface area contributed by atoms with Gasteiger partial charge in [0.1, 0.15) is 0 Å². The summed E-state index contributed by atoms with van der Waals surface area (Å²) in [7, 11) is 1.43. The first-order chi connectivity index (χ1) is 11.7. The molecule has 1 aromatic heterocycles. The minimum atomic E-state index is -0.432. The van der Waals surface area contributed by atoms with Crippen LogP contribution in [0.3, 0.4) is 0 Å². The molecule has 0 aliphatic carbocycles. The largest absolute Gasteiger partial charge is 0.494 e. The number of halogens is 2. The average Bonchev–Trinajstić information content (AvgIpc) is 3.09. The summed E-state index contributed by atoms with van der Waals surface area (Å²) in [5, 5.41) is 3.02. The first kappa shape index (κ1) is 17.1. The van der Waals surface area contributed by atoms with Crippen molar-refractivity contribution in [3.8, 4) is 5.75 Å². The van der Waals surface area contributed by atoms with E-state index in [2.05, 4.69) is 31.2 Å². The third kappa shape index (κ3) is 4.21. The number of hydrogen-bond acceptors (Lipinski definition) is 5. The fourth-order valence-electron chi connectivity index (χ4n) is 2.68. The van der Waals surface area contributed by atoms with Gasteiger partial charge in [0.2, 0.25) is 5.95 Å². The number of anilines is 2. The van der Waals surface area contributed by atoms with Crippen molar-refractivity contribution in [3.63, 3.8) is 0 Å². The quantitative estimate of drug-likeness (QED) is 0.792. The highest BCUT2D eigenvalue weighted by Gasteiger charge is 2.16. The maximum Gasteiger partial charge on any atom is 0.227 e. The summed E-state index contributed by atoms with van der Waals surface area (Å²) in [4.78, 5) is 8.75. The van der Waals surface area contributed by atoms with Crippen molar-refractivity contribution in [1.82, 2.24) is 9.97 Å². The molecular weight excluding hydrogens is 377 g/mol. The number of hydrogen-bond donors (Lipinski definition) is 1. The predicted octanol–water partition coefficient (Wildman–Crippen LogP) is 4.24. The smallest absolute Gasteiger partial charge is 0.227 e. The van der Waals surface area contributed by atoms with Crippen molar-refractivity contribution in [1.29, 1.82) is 0 Å². The molecule has 24 heavy (non-hydrogen) atoms. The van der Waals surface area contributed by atoms with E-state index >= 15 is 0 Å². The average molecular weight is 396 g/mol. The molecule has 0 radical (unpaired) electrons. The van der Waals surface area contributed by atoms with Gasteiger partial charge in [-0.15, -0.1) is 0 Å². The van der Waals surface area contributed by atoms with E-state index in [1.165, 1.54) is 13.2 Å². The van der Waals surface area contributed by atoms with Gasteiger partial charge >= 0.3 is 0 Å². The SMILES string of the molecule is COc1ccc(Nc2ncc(Br)c(CCC3CCCO3)n2)cc1F. The van der Waals surface area contributed by atoms with Gasteiger partial charge in [-0.3, -0.25) is 0 Å². The van der Waals surface area contributed by atoms with E-state index in [0.717, 1.165) is 42.5 Å². The lowest BCUT2D eigenvalue weighted by Gasteiger charge is -2.11. The van der Waals surface area contributed by atoms with Crippen LogP contribution in [0.2, 0.25) is 0 Å². The highest BCUT2D eigenvalue weighted by Crippen LogP contribution is 2.24. The van der Waals surface area contributed by atoms with Crippen LogP contribution in [0.1, 0.15) is 25.0 Å². The van der Waals surface area contributed by atoms with Crippen LogP contribution in [0, 0.1) is 5.82 Å². The van der Waals surface area contributed by atoms with Crippen molar-refractivity contribution in [2.45, 2.75) is 31.8 Å². The Labute approximate surface area is 148 Å². The molecule has 0 bridgehead atoms. The molecule has 1 N–H and O–H groups in total. The minimum Gasteiger partial charge on any atom is -0.494 e. The third-order valence-electron chi connectivity index (χ3n) is 3.95. The molecule has 1 unspecified atom stereocenters. The van der Waals surface area contributed by atoms with Crippen molar-refractivity contribution >= 4 is 27.6 Å². The van der Waals surface area contributed by atoms with E-state index in [9.17, 15) is 4.39 Å². The van der Waals surface area contributed by atoms with Crippen LogP contribution in [0.4, 0.5) is 16.0 Å². The molecule has 2 heterocycles. The molecule has 1 saturated heterocycles. The number of nitrogens with one attached hydrogen (secondary N) is 1. The Morgan fingerprint density at radius 1 is 1.46 bits per heavy atom. The lowest BCUT2D eigenvalue weighted by atomic mass is 10.1. The molecule has 3 rings (SSSR count). The number of benzene rings is 1. The van der Waals surface area contributed by atoms with E-state index in [0.29, 0.717) is 17.7 Å². The van der Waals surface area contributed by atoms with Crippen LogP contribution in [-0.2, 0) is 11.2 Å². The summed E-state index contributed by atoms with van der Waals surface area (Å²) in [5.41, 5.74) is 1.48. The normalized spacial score (nSPS) is 17.0. The predicted molar refractivity (Wildman–Crippen MR) is 93.3 cm³/mol. The van der Waals surface area contributed by atoms with Gasteiger partial charge in [0.25, 0.3) is 0 Å². The number of rotatable bonds is 6. The minimum absolute atomic E-state index is 0.203.